The van der Waals surface area contributed by atoms with Crippen molar-refractivity contribution in [1.82, 2.24) is 0 Å². The fourth-order valence-electron chi connectivity index (χ4n) is 5.81. The van der Waals surface area contributed by atoms with Gasteiger partial charge in [0.15, 0.2) is 39.6 Å². The molecular formula is C36H48O6Si3. The van der Waals surface area contributed by atoms with E-state index in [0.717, 1.165) is 59.3 Å². The smallest absolute Gasteiger partial charge is 0.386 e. The van der Waals surface area contributed by atoms with Crippen LogP contribution in [0.2, 0.25) is 38.3 Å². The predicted molar refractivity (Wildman–Crippen MR) is 191 cm³/mol. The summed E-state index contributed by atoms with van der Waals surface area (Å²) in [5.74, 6) is 1.33. The summed E-state index contributed by atoms with van der Waals surface area (Å²) in [6.45, 7) is 9.25. The molecule has 0 saturated heterocycles. The molecule has 9 heteroatoms. The Labute approximate surface area is 272 Å². The van der Waals surface area contributed by atoms with Gasteiger partial charge < -0.3 is 27.9 Å². The quantitative estimate of drug-likeness (QED) is 0.122. The highest BCUT2D eigenvalue weighted by molar-refractivity contribution is 7.02. The number of ether oxygens (including phenoxy) is 2. The molecule has 0 heterocycles. The first-order valence-electron chi connectivity index (χ1n) is 15.7. The number of benzene rings is 4. The van der Waals surface area contributed by atoms with Crippen LogP contribution in [-0.4, -0.2) is 49.6 Å². The van der Waals surface area contributed by atoms with Crippen molar-refractivity contribution in [2.45, 2.75) is 64.0 Å². The van der Waals surface area contributed by atoms with Crippen molar-refractivity contribution in [1.29, 1.82) is 0 Å². The molecule has 0 unspecified atom stereocenters. The average Bonchev–Trinajstić information content (AvgIpc) is 3.02. The minimum atomic E-state index is -3.10. The standard InChI is InChI=1S/C36H48O6Si3/c1-39-35-27-29(21-23-33(35)37)15-13-25-43(3,4)41-45(31-17-9-7-10-18-31,32-19-11-8-12-20-32)42-44(5,6)26-14-16-30-22-24-34(38)36(28-30)40-2/h7-12,17-24,27-28,37-38H,13-16,25-26H2,1-6H3. The van der Waals surface area contributed by atoms with E-state index in [-0.39, 0.29) is 11.5 Å². The molecule has 0 saturated carbocycles. The first-order valence-corrected chi connectivity index (χ1v) is 23.7. The topological polar surface area (TPSA) is 77.4 Å². The molecule has 2 N–H and O–H groups in total. The van der Waals surface area contributed by atoms with Crippen molar-refractivity contribution in [3.05, 3.63) is 108 Å². The summed E-state index contributed by atoms with van der Waals surface area (Å²) in [7, 11) is -4.45. The van der Waals surface area contributed by atoms with Crippen LogP contribution in [0.5, 0.6) is 23.0 Å². The van der Waals surface area contributed by atoms with E-state index in [4.69, 9.17) is 17.7 Å². The third-order valence-electron chi connectivity index (χ3n) is 8.12. The van der Waals surface area contributed by atoms with Gasteiger partial charge >= 0.3 is 8.56 Å². The normalized spacial score (nSPS) is 12.2. The van der Waals surface area contributed by atoms with Gasteiger partial charge in [0.2, 0.25) is 0 Å². The van der Waals surface area contributed by atoms with Crippen LogP contribution in [0.4, 0.5) is 0 Å². The van der Waals surface area contributed by atoms with Gasteiger partial charge in [-0.25, -0.2) is 0 Å². The molecule has 45 heavy (non-hydrogen) atoms. The summed E-state index contributed by atoms with van der Waals surface area (Å²) in [4.78, 5) is 0. The Balaban J connectivity index is 1.58. The largest absolute Gasteiger partial charge is 0.504 e. The van der Waals surface area contributed by atoms with Crippen LogP contribution in [0.15, 0.2) is 97.1 Å². The Morgan fingerprint density at radius 1 is 0.533 bits per heavy atom. The highest BCUT2D eigenvalue weighted by Crippen LogP contribution is 2.31. The second-order valence-corrected chi connectivity index (χ2v) is 24.9. The molecule has 4 rings (SSSR count). The average molecular weight is 661 g/mol. The second kappa shape index (κ2) is 15.3. The van der Waals surface area contributed by atoms with Crippen molar-refractivity contribution in [3.8, 4) is 23.0 Å². The van der Waals surface area contributed by atoms with Gasteiger partial charge in [0.1, 0.15) is 0 Å². The van der Waals surface area contributed by atoms with Crippen LogP contribution in [0.1, 0.15) is 24.0 Å². The Morgan fingerprint density at radius 3 is 1.27 bits per heavy atom. The van der Waals surface area contributed by atoms with Gasteiger partial charge in [-0.2, -0.15) is 0 Å². The van der Waals surface area contributed by atoms with Gasteiger partial charge in [0, 0.05) is 0 Å². The Hall–Kier alpha value is -3.35. The number of hydrogen-bond acceptors (Lipinski definition) is 6. The maximum atomic E-state index is 10.0. The molecule has 0 aliphatic rings. The first-order chi connectivity index (χ1) is 21.5. The van der Waals surface area contributed by atoms with E-state index in [2.05, 4.69) is 86.9 Å². The van der Waals surface area contributed by atoms with Gasteiger partial charge in [-0.05, 0) is 110 Å². The number of phenols is 2. The molecule has 6 nitrogen and oxygen atoms in total. The van der Waals surface area contributed by atoms with Crippen molar-refractivity contribution in [3.63, 3.8) is 0 Å². The van der Waals surface area contributed by atoms with E-state index in [9.17, 15) is 10.2 Å². The van der Waals surface area contributed by atoms with Gasteiger partial charge in [-0.15, -0.1) is 0 Å². The van der Waals surface area contributed by atoms with Gasteiger partial charge in [-0.1, -0.05) is 72.8 Å². The van der Waals surface area contributed by atoms with E-state index in [1.165, 1.54) is 0 Å². The van der Waals surface area contributed by atoms with E-state index < -0.39 is 25.2 Å². The maximum absolute atomic E-state index is 10.0. The summed E-state index contributed by atoms with van der Waals surface area (Å²) in [5, 5.41) is 22.3. The number of methoxy groups -OCH3 is 2. The van der Waals surface area contributed by atoms with Gasteiger partial charge in [-0.3, -0.25) is 0 Å². The first kappa shape index (κ1) is 34.5. The zero-order valence-corrected chi connectivity index (χ0v) is 30.5. The van der Waals surface area contributed by atoms with Crippen LogP contribution in [-0.2, 0) is 21.1 Å². The molecule has 0 atom stereocenters. The van der Waals surface area contributed by atoms with Crippen LogP contribution in [0.3, 0.4) is 0 Å². The Morgan fingerprint density at radius 2 is 0.911 bits per heavy atom. The second-order valence-electron chi connectivity index (χ2n) is 12.8. The van der Waals surface area contributed by atoms with Crippen LogP contribution in [0.25, 0.3) is 0 Å². The summed E-state index contributed by atoms with van der Waals surface area (Å²) >= 11 is 0. The molecular weight excluding hydrogens is 613 g/mol. The van der Waals surface area contributed by atoms with E-state index in [1.807, 2.05) is 24.3 Å². The van der Waals surface area contributed by atoms with Crippen molar-refractivity contribution in [2.75, 3.05) is 14.2 Å². The van der Waals surface area contributed by atoms with Crippen molar-refractivity contribution in [2.24, 2.45) is 0 Å². The van der Waals surface area contributed by atoms with Crippen LogP contribution >= 0.6 is 0 Å². The van der Waals surface area contributed by atoms with Gasteiger partial charge in [0.25, 0.3) is 0 Å². The third-order valence-corrected chi connectivity index (χ3v) is 20.1. The zero-order valence-electron chi connectivity index (χ0n) is 27.5. The van der Waals surface area contributed by atoms with E-state index in [0.29, 0.717) is 11.5 Å². The zero-order chi connectivity index (χ0) is 32.5. The van der Waals surface area contributed by atoms with E-state index >= 15 is 0 Å². The molecule has 0 aromatic heterocycles. The SMILES string of the molecule is COc1cc(CCC[Si](C)(C)O[Si](O[Si](C)(C)CCCc2ccc(O)c(OC)c2)(c2ccccc2)c2ccccc2)ccc1O. The molecule has 4 aromatic rings. The summed E-state index contributed by atoms with van der Waals surface area (Å²) in [6, 6.07) is 34.3. The number of aryl methyl sites for hydroxylation is 2. The lowest BCUT2D eigenvalue weighted by atomic mass is 10.1. The highest BCUT2D eigenvalue weighted by atomic mass is 28.5. The molecule has 0 fully saturated rings. The Bertz CT molecular complexity index is 1400. The molecule has 0 amide bonds. The lowest BCUT2D eigenvalue weighted by molar-refractivity contribution is 0.373. The fraction of sp³-hybridized carbons (Fsp3) is 0.333. The summed E-state index contributed by atoms with van der Waals surface area (Å²) in [5.41, 5.74) is 2.28. The summed E-state index contributed by atoms with van der Waals surface area (Å²) in [6.07, 6.45) is 3.70. The summed E-state index contributed by atoms with van der Waals surface area (Å²) < 4.78 is 25.7. The lowest BCUT2D eigenvalue weighted by Gasteiger charge is -2.43. The fourth-order valence-corrected chi connectivity index (χ4v) is 18.9. The molecule has 0 aliphatic carbocycles. The molecule has 4 aromatic carbocycles. The molecule has 240 valence electrons. The molecule has 0 aliphatic heterocycles. The number of phenolic OH excluding ortho intramolecular Hbond substituents is 2. The number of rotatable bonds is 16. The van der Waals surface area contributed by atoms with Crippen molar-refractivity contribution >= 4 is 35.6 Å². The van der Waals surface area contributed by atoms with Crippen molar-refractivity contribution < 1.29 is 27.9 Å². The predicted octanol–water partition coefficient (Wildman–Crippen LogP) is 7.38. The molecule has 0 bridgehead atoms. The monoisotopic (exact) mass is 660 g/mol. The minimum absolute atomic E-state index is 0.160. The highest BCUT2D eigenvalue weighted by Gasteiger charge is 2.50. The van der Waals surface area contributed by atoms with Gasteiger partial charge in [0.05, 0.1) is 14.2 Å². The Kier molecular flexibility index (Phi) is 11.7. The molecule has 0 radical (unpaired) electrons. The number of hydrogen-bond donors (Lipinski definition) is 2. The number of aromatic hydroxyl groups is 2. The molecule has 0 spiro atoms. The lowest BCUT2D eigenvalue weighted by Crippen LogP contribution is -2.70. The van der Waals surface area contributed by atoms with Crippen LogP contribution < -0.4 is 19.8 Å². The van der Waals surface area contributed by atoms with Crippen LogP contribution in [0, 0.1) is 0 Å². The maximum Gasteiger partial charge on any atom is 0.386 e. The minimum Gasteiger partial charge on any atom is -0.504 e. The third kappa shape index (κ3) is 9.34. The van der Waals surface area contributed by atoms with E-state index in [1.54, 1.807) is 26.4 Å².